The van der Waals surface area contributed by atoms with Crippen LogP contribution in [0.3, 0.4) is 0 Å². The molecule has 13 heteroatoms. The molecule has 0 spiro atoms. The Hall–Kier alpha value is 2.35. The maximum atomic E-state index is 6.25. The Labute approximate surface area is 254 Å². The molecular weight excluding hydrogens is 422 g/mol. The van der Waals surface area contributed by atoms with E-state index in [9.17, 15) is 0 Å². The van der Waals surface area contributed by atoms with Crippen LogP contribution in [0.2, 0.25) is 0 Å². The minimum absolute atomic E-state index is 0. The van der Waals surface area contributed by atoms with Gasteiger partial charge in [0.25, 0.3) is 0 Å². The molecule has 0 saturated heterocycles. The van der Waals surface area contributed by atoms with Crippen molar-refractivity contribution in [2.24, 2.45) is 0 Å². The second-order valence-electron chi connectivity index (χ2n) is 0. The summed E-state index contributed by atoms with van der Waals surface area (Å²) in [6, 6.07) is 0. The number of hydrogen-bond donors (Lipinski definition) is 0. The fourth-order valence-corrected chi connectivity index (χ4v) is 0. The van der Waals surface area contributed by atoms with Crippen LogP contribution in [-0.2, 0) is 19.5 Å². The molecule has 6 N–H and O–H groups in total. The number of hydrogen-bond acceptors (Lipinski definition) is 6. The zero-order chi connectivity index (χ0) is 12.0. The summed E-state index contributed by atoms with van der Waals surface area (Å²) in [5, 5.41) is 37.5. The first kappa shape index (κ1) is 127. The molecule has 0 atom stereocenters. The molecule has 0 aromatic heterocycles. The SMILES string of the molecule is O.O.O.[C-]#N.[C-]#N.[C-]#N.[C-]#N.[C-]#N.[C-]#N.[K+].[K+].[K+].[Ru+3]. The van der Waals surface area contributed by atoms with Gasteiger partial charge in [-0.05, 0) is 0 Å². The molecule has 9 nitrogen and oxygen atoms in total. The first-order valence-electron chi connectivity index (χ1n) is 1.34. The molecule has 0 aromatic carbocycles. The summed E-state index contributed by atoms with van der Waals surface area (Å²) in [5.74, 6) is 0. The van der Waals surface area contributed by atoms with Gasteiger partial charge in [-0.25, -0.2) is 0 Å². The average Bonchev–Trinajstić information content (AvgIpc) is 2.33. The first-order valence-corrected chi connectivity index (χ1v) is 1.34. The molecule has 89 valence electrons. The smallest absolute Gasteiger partial charge is 0.512 e. The van der Waals surface area contributed by atoms with Gasteiger partial charge in [-0.3, -0.25) is 0 Å². The summed E-state index contributed by atoms with van der Waals surface area (Å²) in [6.45, 7) is 28.5. The molecule has 0 fully saturated rings. The van der Waals surface area contributed by atoms with Gasteiger partial charge in [0.15, 0.2) is 0 Å². The summed E-state index contributed by atoms with van der Waals surface area (Å²) < 4.78 is 0. The van der Waals surface area contributed by atoms with Crippen LogP contribution in [-0.4, -0.2) is 16.4 Å². The van der Waals surface area contributed by atoms with Crippen LogP contribution in [0.5, 0.6) is 0 Å². The van der Waals surface area contributed by atoms with Gasteiger partial charge in [0.05, 0.1) is 0 Å². The van der Waals surface area contributed by atoms with Gasteiger partial charge in [0.1, 0.15) is 0 Å². The van der Waals surface area contributed by atoms with Crippen molar-refractivity contribution in [2.75, 3.05) is 0 Å². The zero-order valence-electron chi connectivity index (χ0n) is 10.5. The normalized spacial score (nSPS) is 0.632. The van der Waals surface area contributed by atoms with Crippen LogP contribution < -0.4 is 154 Å². The molecule has 1 radical (unpaired) electrons. The van der Waals surface area contributed by atoms with Gasteiger partial charge < -0.3 is 87.4 Å². The first-order chi connectivity index (χ1) is 6.00. The van der Waals surface area contributed by atoms with E-state index in [1.807, 2.05) is 0 Å². The van der Waals surface area contributed by atoms with Crippen molar-refractivity contribution in [3.05, 3.63) is 39.4 Å². The maximum Gasteiger partial charge on any atom is 3.00 e. The topological polar surface area (TPSA) is 237 Å². The van der Waals surface area contributed by atoms with Gasteiger partial charge in [0, 0.05) is 0 Å². The van der Waals surface area contributed by atoms with Crippen molar-refractivity contribution in [3.63, 3.8) is 0 Å². The van der Waals surface area contributed by atoms with Crippen LogP contribution >= 0.6 is 0 Å². The Balaban J connectivity index is -0.00000000193. The van der Waals surface area contributed by atoms with E-state index in [0.717, 1.165) is 0 Å². The van der Waals surface area contributed by atoms with E-state index in [-0.39, 0.29) is 190 Å². The number of nitrogens with zero attached hydrogens (tertiary/aromatic N) is 6. The van der Waals surface area contributed by atoms with Gasteiger partial charge in [0.2, 0.25) is 0 Å². The van der Waals surface area contributed by atoms with Crippen molar-refractivity contribution >= 4 is 0 Å². The third-order valence-corrected chi connectivity index (χ3v) is 0. The van der Waals surface area contributed by atoms with Gasteiger partial charge >= 0.3 is 174 Å². The van der Waals surface area contributed by atoms with E-state index >= 15 is 0 Å². The van der Waals surface area contributed by atoms with Gasteiger partial charge in [-0.1, -0.05) is 0 Å². The van der Waals surface area contributed by atoms with E-state index in [2.05, 4.69) is 0 Å². The van der Waals surface area contributed by atoms with Crippen molar-refractivity contribution in [1.29, 1.82) is 31.6 Å². The molecule has 19 heavy (non-hydrogen) atoms. The minimum atomic E-state index is 0. The van der Waals surface area contributed by atoms with Crippen LogP contribution in [0.4, 0.5) is 0 Å². The predicted molar refractivity (Wildman–Crippen MR) is 40.6 cm³/mol. The van der Waals surface area contributed by atoms with Gasteiger partial charge in [-0.2, -0.15) is 0 Å². The Morgan fingerprint density at radius 1 is 0.316 bits per heavy atom. The summed E-state index contributed by atoms with van der Waals surface area (Å²) >= 11 is 0. The van der Waals surface area contributed by atoms with Crippen molar-refractivity contribution in [1.82, 2.24) is 0 Å². The van der Waals surface area contributed by atoms with Crippen LogP contribution in [0.25, 0.3) is 0 Å². The molecule has 0 unspecified atom stereocenters. The minimum Gasteiger partial charge on any atom is -0.512 e. The fourth-order valence-electron chi connectivity index (χ4n) is 0. The summed E-state index contributed by atoms with van der Waals surface area (Å²) in [6.07, 6.45) is 0. The molecule has 0 heterocycles. The molecule has 0 aliphatic carbocycles. The van der Waals surface area contributed by atoms with E-state index in [1.165, 1.54) is 0 Å². The van der Waals surface area contributed by atoms with E-state index in [0.29, 0.717) is 0 Å². The quantitative estimate of drug-likeness (QED) is 0.268. The summed E-state index contributed by atoms with van der Waals surface area (Å²) in [4.78, 5) is 0. The molecular formula is C6H6K3N6O3Ru. The number of rotatable bonds is 0. The fraction of sp³-hybridized carbons (Fsp3) is 0. The molecule has 0 aromatic rings. The van der Waals surface area contributed by atoms with E-state index in [4.69, 9.17) is 71.0 Å². The summed E-state index contributed by atoms with van der Waals surface area (Å²) in [5.41, 5.74) is 0. The Kier molecular flexibility index (Phi) is 9190. The predicted octanol–water partition coefficient (Wildman–Crippen LogP) is -10.9. The molecule has 0 bridgehead atoms. The maximum absolute atomic E-state index is 6.25. The van der Waals surface area contributed by atoms with Crippen molar-refractivity contribution < 1.29 is 190 Å². The molecule has 0 rings (SSSR count). The second-order valence-corrected chi connectivity index (χ2v) is 0. The Morgan fingerprint density at radius 3 is 0.316 bits per heavy atom. The zero-order valence-corrected chi connectivity index (χ0v) is 21.6. The molecule has 0 saturated carbocycles. The van der Waals surface area contributed by atoms with Crippen LogP contribution in [0, 0.1) is 71.0 Å². The van der Waals surface area contributed by atoms with Crippen molar-refractivity contribution in [3.8, 4) is 0 Å². The Morgan fingerprint density at radius 2 is 0.316 bits per heavy atom. The monoisotopic (exact) mass is 429 g/mol. The average molecular weight is 429 g/mol. The van der Waals surface area contributed by atoms with Crippen LogP contribution in [0.1, 0.15) is 0 Å². The largest absolute Gasteiger partial charge is 3.00 e. The van der Waals surface area contributed by atoms with Crippen molar-refractivity contribution in [2.45, 2.75) is 0 Å². The van der Waals surface area contributed by atoms with E-state index in [1.54, 1.807) is 0 Å². The molecule has 0 aliphatic rings. The second kappa shape index (κ2) is 1380. The molecule has 0 aliphatic heterocycles. The Bertz CT molecular complexity index is 115. The van der Waals surface area contributed by atoms with Crippen LogP contribution in [0.15, 0.2) is 0 Å². The third kappa shape index (κ3) is 1240. The van der Waals surface area contributed by atoms with Gasteiger partial charge in [-0.15, -0.1) is 0 Å². The van der Waals surface area contributed by atoms with E-state index < -0.39 is 0 Å². The standard InChI is InChI=1S/6CN.3K.3H2O.Ru/c6*1-2;;;;;;;/h;;;;;;;;;3*1H2;/q6*-1;3*+1;;;;+3. The summed E-state index contributed by atoms with van der Waals surface area (Å²) in [7, 11) is 0. The molecule has 0 amide bonds. The third-order valence-electron chi connectivity index (χ3n) is 0.